The van der Waals surface area contributed by atoms with E-state index in [9.17, 15) is 9.59 Å². The molecule has 2 rings (SSSR count). The van der Waals surface area contributed by atoms with Crippen molar-refractivity contribution in [2.75, 3.05) is 20.7 Å². The van der Waals surface area contributed by atoms with Crippen LogP contribution in [0.25, 0.3) is 11.2 Å². The Hall–Kier alpha value is -1.93. The third kappa shape index (κ3) is 10.0. The molecule has 8 nitrogen and oxygen atoms in total. The number of hydrogen-bond acceptors (Lipinski definition) is 5. The van der Waals surface area contributed by atoms with Crippen LogP contribution >= 0.6 is 0 Å². The molecular weight excluding hydrogens is 466 g/mol. The van der Waals surface area contributed by atoms with Crippen LogP contribution in [0.4, 0.5) is 0 Å². The lowest BCUT2D eigenvalue weighted by atomic mass is 10.0. The quantitative estimate of drug-likeness (QED) is 0.233. The van der Waals surface area contributed by atoms with Crippen molar-refractivity contribution in [3.8, 4) is 0 Å². The van der Waals surface area contributed by atoms with Crippen molar-refractivity contribution in [3.63, 3.8) is 0 Å². The van der Waals surface area contributed by atoms with E-state index in [4.69, 9.17) is 5.11 Å². The average molecular weight is 520 g/mol. The van der Waals surface area contributed by atoms with Gasteiger partial charge in [-0.05, 0) is 33.4 Å². The van der Waals surface area contributed by atoms with Gasteiger partial charge in [-0.3, -0.25) is 13.9 Å². The van der Waals surface area contributed by atoms with Crippen LogP contribution in [0, 0.1) is 0 Å². The number of imidazole rings is 1. The SMILES string of the molecule is CCCCC(Cn1cnc2c1c(=O)n(CCCCCCCCCCCCCCCO)c(=O)n2C)N(C)C. The molecule has 0 amide bonds. The van der Waals surface area contributed by atoms with E-state index in [-0.39, 0.29) is 11.2 Å². The third-order valence-corrected chi connectivity index (χ3v) is 7.67. The monoisotopic (exact) mass is 519 g/mol. The molecule has 0 saturated heterocycles. The van der Waals surface area contributed by atoms with E-state index in [1.54, 1.807) is 13.4 Å². The zero-order valence-corrected chi connectivity index (χ0v) is 24.1. The van der Waals surface area contributed by atoms with E-state index in [1.165, 1.54) is 60.5 Å². The van der Waals surface area contributed by atoms with Crippen molar-refractivity contribution in [1.82, 2.24) is 23.6 Å². The second-order valence-corrected chi connectivity index (χ2v) is 10.9. The van der Waals surface area contributed by atoms with Gasteiger partial charge in [-0.1, -0.05) is 90.4 Å². The number of aryl methyl sites for hydroxylation is 1. The van der Waals surface area contributed by atoms with E-state index in [1.807, 2.05) is 4.57 Å². The van der Waals surface area contributed by atoms with Crippen LogP contribution in [0.2, 0.25) is 0 Å². The Morgan fingerprint density at radius 1 is 0.865 bits per heavy atom. The van der Waals surface area contributed by atoms with Gasteiger partial charge in [0.2, 0.25) is 0 Å². The maximum absolute atomic E-state index is 13.4. The third-order valence-electron chi connectivity index (χ3n) is 7.67. The smallest absolute Gasteiger partial charge is 0.332 e. The van der Waals surface area contributed by atoms with E-state index in [0.717, 1.165) is 51.4 Å². The van der Waals surface area contributed by atoms with Gasteiger partial charge >= 0.3 is 5.69 Å². The van der Waals surface area contributed by atoms with Crippen molar-refractivity contribution in [3.05, 3.63) is 27.2 Å². The number of aliphatic hydroxyl groups is 1. The summed E-state index contributed by atoms with van der Waals surface area (Å²) in [6.45, 7) is 3.68. The predicted molar refractivity (Wildman–Crippen MR) is 153 cm³/mol. The van der Waals surface area contributed by atoms with Crippen LogP contribution < -0.4 is 11.2 Å². The maximum atomic E-state index is 13.4. The molecule has 0 radical (unpaired) electrons. The summed E-state index contributed by atoms with van der Waals surface area (Å²) in [5.41, 5.74) is 0.539. The Labute approximate surface area is 223 Å². The van der Waals surface area contributed by atoms with Crippen LogP contribution in [0.1, 0.15) is 110 Å². The molecule has 8 heteroatoms. The summed E-state index contributed by atoms with van der Waals surface area (Å²) in [4.78, 5) is 32.9. The maximum Gasteiger partial charge on any atom is 0.332 e. The second kappa shape index (κ2) is 17.6. The molecular formula is C29H53N5O3. The largest absolute Gasteiger partial charge is 0.396 e. The van der Waals surface area contributed by atoms with E-state index >= 15 is 0 Å². The first-order chi connectivity index (χ1) is 17.9. The standard InChI is InChI=1S/C29H53N5O3/c1-5-6-20-25(31(2)3)23-33-24-30-27-26(33)28(36)34(29(37)32(27)4)21-18-16-14-12-10-8-7-9-11-13-15-17-19-22-35/h24-25,35H,5-23H2,1-4H3. The fourth-order valence-electron chi connectivity index (χ4n) is 5.16. The first kappa shape index (κ1) is 31.3. The number of hydrogen-bond donors (Lipinski definition) is 1. The summed E-state index contributed by atoms with van der Waals surface area (Å²) in [7, 11) is 5.87. The number of aromatic nitrogens is 4. The minimum absolute atomic E-state index is 0.208. The van der Waals surface area contributed by atoms with Gasteiger partial charge in [0, 0.05) is 32.8 Å². The Morgan fingerprint density at radius 2 is 1.41 bits per heavy atom. The molecule has 1 N–H and O–H groups in total. The summed E-state index contributed by atoms with van der Waals surface area (Å²) in [6.07, 6.45) is 20.5. The molecule has 0 spiro atoms. The highest BCUT2D eigenvalue weighted by Crippen LogP contribution is 2.14. The minimum Gasteiger partial charge on any atom is -0.396 e. The molecule has 37 heavy (non-hydrogen) atoms. The summed E-state index contributed by atoms with van der Waals surface area (Å²) < 4.78 is 4.89. The Bertz CT molecular complexity index is 1010. The fourth-order valence-corrected chi connectivity index (χ4v) is 5.16. The number of unbranched alkanes of at least 4 members (excludes halogenated alkanes) is 13. The van der Waals surface area contributed by atoms with Crippen molar-refractivity contribution in [1.29, 1.82) is 0 Å². The summed E-state index contributed by atoms with van der Waals surface area (Å²) in [6, 6.07) is 0.319. The number of rotatable bonds is 21. The Morgan fingerprint density at radius 3 is 1.92 bits per heavy atom. The molecule has 212 valence electrons. The molecule has 1 atom stereocenters. The Balaban J connectivity index is 1.82. The first-order valence-electron chi connectivity index (χ1n) is 14.8. The molecule has 0 aliphatic heterocycles. The van der Waals surface area contributed by atoms with E-state index < -0.39 is 0 Å². The van der Waals surface area contributed by atoms with Crippen molar-refractivity contribution in [2.24, 2.45) is 7.05 Å². The van der Waals surface area contributed by atoms with Gasteiger partial charge in [0.1, 0.15) is 0 Å². The molecule has 0 aromatic carbocycles. The van der Waals surface area contributed by atoms with Gasteiger partial charge in [0.15, 0.2) is 11.2 Å². The van der Waals surface area contributed by atoms with Gasteiger partial charge in [-0.25, -0.2) is 9.78 Å². The molecule has 0 aliphatic rings. The molecule has 2 aromatic rings. The Kier molecular flexibility index (Phi) is 14.8. The first-order valence-corrected chi connectivity index (χ1v) is 14.8. The van der Waals surface area contributed by atoms with Crippen molar-refractivity contribution in [2.45, 2.75) is 129 Å². The molecule has 0 saturated carbocycles. The molecule has 0 fully saturated rings. The average Bonchev–Trinajstić information content (AvgIpc) is 3.31. The van der Waals surface area contributed by atoms with Crippen LogP contribution in [0.15, 0.2) is 15.9 Å². The van der Waals surface area contributed by atoms with E-state index in [0.29, 0.717) is 36.9 Å². The van der Waals surface area contributed by atoms with Gasteiger partial charge < -0.3 is 14.6 Å². The fraction of sp³-hybridized carbons (Fsp3) is 0.828. The molecule has 1 unspecified atom stereocenters. The highest BCUT2D eigenvalue weighted by Gasteiger charge is 2.19. The molecule has 0 bridgehead atoms. The highest BCUT2D eigenvalue weighted by atomic mass is 16.3. The van der Waals surface area contributed by atoms with Crippen molar-refractivity contribution < 1.29 is 5.11 Å². The van der Waals surface area contributed by atoms with Crippen molar-refractivity contribution >= 4 is 11.2 Å². The summed E-state index contributed by atoms with van der Waals surface area (Å²) in [5, 5.41) is 8.81. The van der Waals surface area contributed by atoms with Gasteiger partial charge in [0.05, 0.1) is 6.33 Å². The number of nitrogens with zero attached hydrogens (tertiary/aromatic N) is 5. The molecule has 2 heterocycles. The van der Waals surface area contributed by atoms with Crippen LogP contribution in [0.5, 0.6) is 0 Å². The highest BCUT2D eigenvalue weighted by molar-refractivity contribution is 5.69. The van der Waals surface area contributed by atoms with Gasteiger partial charge in [-0.15, -0.1) is 0 Å². The zero-order valence-electron chi connectivity index (χ0n) is 24.1. The number of aliphatic hydroxyl groups excluding tert-OH is 1. The topological polar surface area (TPSA) is 85.3 Å². The lowest BCUT2D eigenvalue weighted by Gasteiger charge is -2.24. The van der Waals surface area contributed by atoms with Crippen LogP contribution in [-0.4, -0.2) is 55.4 Å². The molecule has 2 aromatic heterocycles. The summed E-state index contributed by atoms with van der Waals surface area (Å²) in [5.74, 6) is 0. The minimum atomic E-state index is -0.269. The lowest BCUT2D eigenvalue weighted by molar-refractivity contribution is 0.247. The zero-order chi connectivity index (χ0) is 27.0. The van der Waals surface area contributed by atoms with E-state index in [2.05, 4.69) is 30.9 Å². The predicted octanol–water partition coefficient (Wildman–Crippen LogP) is 5.08. The molecule has 0 aliphatic carbocycles. The lowest BCUT2D eigenvalue weighted by Crippen LogP contribution is -2.40. The second-order valence-electron chi connectivity index (χ2n) is 10.9. The van der Waals surface area contributed by atoms with Gasteiger partial charge in [0.25, 0.3) is 5.56 Å². The summed E-state index contributed by atoms with van der Waals surface area (Å²) >= 11 is 0. The number of fused-ring (bicyclic) bond motifs is 1. The van der Waals surface area contributed by atoms with Crippen LogP contribution in [0.3, 0.4) is 0 Å². The normalized spacial score (nSPS) is 12.7. The number of likely N-dealkylation sites (N-methyl/N-ethyl adjacent to an activating group) is 1. The van der Waals surface area contributed by atoms with Crippen LogP contribution in [-0.2, 0) is 20.1 Å². The van der Waals surface area contributed by atoms with Gasteiger partial charge in [-0.2, -0.15) is 0 Å².